The lowest BCUT2D eigenvalue weighted by Gasteiger charge is -2.45. The number of alkyl halides is 1. The number of aromatic carboxylic acids is 1. The third-order valence-electron chi connectivity index (χ3n) is 5.82. The third kappa shape index (κ3) is 5.53. The monoisotopic (exact) mass is 458 g/mol. The minimum atomic E-state index is -1.06. The Morgan fingerprint density at radius 2 is 2.30 bits per heavy atom. The molecule has 7 nitrogen and oxygen atoms in total. The SMILES string of the molecule is O=C(O)c1csc(SCCN2C(=O)OCC2C=CC(O)C2(CCCCF)CCC2)n1. The average molecular weight is 459 g/mol. The number of carbonyl (C=O) groups excluding carboxylic acids is 1. The molecule has 2 fully saturated rings. The number of amides is 1. The quantitative estimate of drug-likeness (QED) is 0.278. The van der Waals surface area contributed by atoms with Gasteiger partial charge in [-0.25, -0.2) is 14.6 Å². The minimum absolute atomic E-state index is 0.0225. The first-order valence-corrected chi connectivity index (χ1v) is 12.0. The number of hydrogen-bond acceptors (Lipinski definition) is 7. The number of nitrogens with zero attached hydrogens (tertiary/aromatic N) is 2. The van der Waals surface area contributed by atoms with Crippen LogP contribution in [-0.4, -0.2) is 69.9 Å². The largest absolute Gasteiger partial charge is 0.476 e. The molecule has 3 rings (SSSR count). The fourth-order valence-electron chi connectivity index (χ4n) is 3.87. The van der Waals surface area contributed by atoms with E-state index in [9.17, 15) is 19.1 Å². The molecule has 0 aromatic carbocycles. The van der Waals surface area contributed by atoms with E-state index in [2.05, 4.69) is 4.98 Å². The van der Waals surface area contributed by atoms with Crippen LogP contribution in [0.1, 0.15) is 49.0 Å². The predicted molar refractivity (Wildman–Crippen MR) is 113 cm³/mol. The number of aliphatic hydroxyl groups excluding tert-OH is 1. The molecule has 30 heavy (non-hydrogen) atoms. The van der Waals surface area contributed by atoms with E-state index >= 15 is 0 Å². The molecule has 2 unspecified atom stereocenters. The molecule has 0 radical (unpaired) electrons. The van der Waals surface area contributed by atoms with Crippen LogP contribution in [0.2, 0.25) is 0 Å². The summed E-state index contributed by atoms with van der Waals surface area (Å²) in [5, 5.41) is 21.1. The maximum Gasteiger partial charge on any atom is 0.410 e. The van der Waals surface area contributed by atoms with Crippen LogP contribution in [0.5, 0.6) is 0 Å². The standard InChI is InChI=1S/C20H27FN2O5S2/c21-9-2-1-6-20(7-3-8-20)16(24)5-4-14-12-28-19(27)23(14)10-11-29-18-22-15(13-30-18)17(25)26/h4-5,13-14,16,24H,1-3,6-12H2,(H,25,26). The Hall–Kier alpha value is -1.65. The van der Waals surface area contributed by atoms with Crippen molar-refractivity contribution in [3.63, 3.8) is 0 Å². The molecule has 1 aliphatic heterocycles. The van der Waals surface area contributed by atoms with Crippen molar-refractivity contribution >= 4 is 35.2 Å². The number of thioether (sulfide) groups is 1. The Morgan fingerprint density at radius 3 is 2.93 bits per heavy atom. The van der Waals surface area contributed by atoms with Crippen LogP contribution in [0.4, 0.5) is 9.18 Å². The number of carbonyl (C=O) groups is 2. The van der Waals surface area contributed by atoms with E-state index in [0.717, 1.165) is 32.1 Å². The van der Waals surface area contributed by atoms with Gasteiger partial charge in [0, 0.05) is 17.7 Å². The third-order valence-corrected chi connectivity index (χ3v) is 7.82. The highest BCUT2D eigenvalue weighted by Gasteiger charge is 2.42. The maximum absolute atomic E-state index is 12.4. The van der Waals surface area contributed by atoms with Crippen molar-refractivity contribution in [1.29, 1.82) is 0 Å². The van der Waals surface area contributed by atoms with Gasteiger partial charge in [-0.3, -0.25) is 9.29 Å². The number of unbranched alkanes of at least 4 members (excludes halogenated alkanes) is 1. The van der Waals surface area contributed by atoms with Gasteiger partial charge >= 0.3 is 12.1 Å². The molecule has 2 N–H and O–H groups in total. The van der Waals surface area contributed by atoms with Gasteiger partial charge in [0.05, 0.1) is 18.8 Å². The van der Waals surface area contributed by atoms with Gasteiger partial charge in [0.15, 0.2) is 10.0 Å². The molecule has 1 saturated heterocycles. The molecule has 10 heteroatoms. The number of aromatic nitrogens is 1. The zero-order chi connectivity index (χ0) is 21.6. The molecule has 166 valence electrons. The van der Waals surface area contributed by atoms with Crippen LogP contribution in [-0.2, 0) is 4.74 Å². The van der Waals surface area contributed by atoms with Gasteiger partial charge in [0.2, 0.25) is 0 Å². The van der Waals surface area contributed by atoms with Crippen molar-refractivity contribution in [1.82, 2.24) is 9.88 Å². The van der Waals surface area contributed by atoms with Crippen molar-refractivity contribution in [2.24, 2.45) is 5.41 Å². The van der Waals surface area contributed by atoms with E-state index in [1.807, 2.05) is 6.08 Å². The minimum Gasteiger partial charge on any atom is -0.476 e. The van der Waals surface area contributed by atoms with Gasteiger partial charge in [0.1, 0.15) is 6.61 Å². The Balaban J connectivity index is 1.51. The molecule has 1 aromatic rings. The summed E-state index contributed by atoms with van der Waals surface area (Å²) in [4.78, 5) is 28.6. The fourth-order valence-corrected chi connectivity index (χ4v) is 5.68. The first-order chi connectivity index (χ1) is 14.4. The lowest BCUT2D eigenvalue weighted by molar-refractivity contribution is -0.0147. The predicted octanol–water partition coefficient (Wildman–Crippen LogP) is 3.98. The zero-order valence-corrected chi connectivity index (χ0v) is 18.3. The molecule has 1 amide bonds. The van der Waals surface area contributed by atoms with Crippen LogP contribution in [0, 0.1) is 5.41 Å². The van der Waals surface area contributed by atoms with Gasteiger partial charge in [-0.15, -0.1) is 11.3 Å². The molecule has 2 atom stereocenters. The topological polar surface area (TPSA) is 100.0 Å². The van der Waals surface area contributed by atoms with Gasteiger partial charge in [-0.1, -0.05) is 36.8 Å². The lowest BCUT2D eigenvalue weighted by Crippen LogP contribution is -2.41. The molecule has 2 heterocycles. The highest BCUT2D eigenvalue weighted by Crippen LogP contribution is 2.48. The van der Waals surface area contributed by atoms with Crippen LogP contribution < -0.4 is 0 Å². The number of rotatable bonds is 12. The van der Waals surface area contributed by atoms with Crippen molar-refractivity contribution in [3.8, 4) is 0 Å². The Kier molecular flexibility index (Phi) is 8.13. The number of halogens is 1. The van der Waals surface area contributed by atoms with Crippen LogP contribution in [0.25, 0.3) is 0 Å². The summed E-state index contributed by atoms with van der Waals surface area (Å²) in [6.07, 6.45) is 7.67. The van der Waals surface area contributed by atoms with E-state index in [-0.39, 0.29) is 30.4 Å². The summed E-state index contributed by atoms with van der Waals surface area (Å²) in [7, 11) is 0. The Morgan fingerprint density at radius 1 is 1.50 bits per heavy atom. The second-order valence-corrected chi connectivity index (χ2v) is 9.88. The van der Waals surface area contributed by atoms with Crippen molar-refractivity contribution in [3.05, 3.63) is 23.2 Å². The zero-order valence-electron chi connectivity index (χ0n) is 16.7. The average Bonchev–Trinajstić information content (AvgIpc) is 3.30. The van der Waals surface area contributed by atoms with E-state index in [4.69, 9.17) is 9.84 Å². The number of ether oxygens (including phenoxy) is 1. The fraction of sp³-hybridized carbons (Fsp3) is 0.650. The lowest BCUT2D eigenvalue weighted by atomic mass is 9.62. The van der Waals surface area contributed by atoms with Gasteiger partial charge in [-0.2, -0.15) is 0 Å². The number of carboxylic acids is 1. The van der Waals surface area contributed by atoms with Crippen molar-refractivity contribution in [2.45, 2.75) is 55.0 Å². The van der Waals surface area contributed by atoms with E-state index in [0.29, 0.717) is 23.1 Å². The molecule has 2 aliphatic rings. The van der Waals surface area contributed by atoms with Crippen molar-refractivity contribution in [2.75, 3.05) is 25.6 Å². The van der Waals surface area contributed by atoms with Gasteiger partial charge < -0.3 is 14.9 Å². The van der Waals surface area contributed by atoms with Crippen LogP contribution in [0.3, 0.4) is 0 Å². The number of hydrogen-bond donors (Lipinski definition) is 2. The molecule has 0 bridgehead atoms. The summed E-state index contributed by atoms with van der Waals surface area (Å²) in [6, 6.07) is -0.249. The molecule has 1 aliphatic carbocycles. The van der Waals surface area contributed by atoms with Crippen LogP contribution >= 0.6 is 23.1 Å². The Bertz CT molecular complexity index is 768. The van der Waals surface area contributed by atoms with Gasteiger partial charge in [-0.05, 0) is 31.1 Å². The normalized spacial score (nSPS) is 21.6. The van der Waals surface area contributed by atoms with Gasteiger partial charge in [0.25, 0.3) is 0 Å². The molecular formula is C20H27FN2O5S2. The number of carboxylic acid groups (broad SMARTS) is 1. The molecular weight excluding hydrogens is 431 g/mol. The highest BCUT2D eigenvalue weighted by atomic mass is 32.2. The summed E-state index contributed by atoms with van der Waals surface area (Å²) in [6.45, 7) is 0.343. The summed E-state index contributed by atoms with van der Waals surface area (Å²) in [5.74, 6) is -0.499. The second-order valence-electron chi connectivity index (χ2n) is 7.68. The summed E-state index contributed by atoms with van der Waals surface area (Å²) >= 11 is 2.65. The number of cyclic esters (lactones) is 1. The summed E-state index contributed by atoms with van der Waals surface area (Å²) in [5.41, 5.74) is -0.142. The molecule has 1 saturated carbocycles. The van der Waals surface area contributed by atoms with Crippen molar-refractivity contribution < 1.29 is 28.9 Å². The van der Waals surface area contributed by atoms with E-state index in [1.54, 1.807) is 11.0 Å². The first-order valence-electron chi connectivity index (χ1n) is 10.1. The maximum atomic E-state index is 12.4. The first kappa shape index (κ1) is 23.0. The Labute approximate surface area is 183 Å². The van der Waals surface area contributed by atoms with E-state index in [1.165, 1.54) is 28.5 Å². The number of aliphatic hydroxyl groups is 1. The smallest absolute Gasteiger partial charge is 0.410 e. The second kappa shape index (κ2) is 10.6. The van der Waals surface area contributed by atoms with Crippen LogP contribution in [0.15, 0.2) is 21.9 Å². The number of thiazole rings is 1. The van der Waals surface area contributed by atoms with E-state index < -0.39 is 18.2 Å². The molecule has 0 spiro atoms. The molecule has 1 aromatic heterocycles. The summed E-state index contributed by atoms with van der Waals surface area (Å²) < 4.78 is 18.2. The highest BCUT2D eigenvalue weighted by molar-refractivity contribution is 8.01.